The number of ether oxygens (including phenoxy) is 1. The molecule has 3 rings (SSSR count). The number of carbonyl (C=O) groups excluding carboxylic acids is 1. The molecule has 0 unspecified atom stereocenters. The molecule has 0 atom stereocenters. The normalized spacial score (nSPS) is 10.2. The molecule has 0 radical (unpaired) electrons. The molecule has 0 aliphatic heterocycles. The van der Waals surface area contributed by atoms with Crippen LogP contribution in [0.3, 0.4) is 0 Å². The second kappa shape index (κ2) is 10.4. The van der Waals surface area contributed by atoms with Crippen molar-refractivity contribution in [1.29, 1.82) is 0 Å². The molecule has 0 fully saturated rings. The highest BCUT2D eigenvalue weighted by atomic mass is 32.1. The van der Waals surface area contributed by atoms with Crippen LogP contribution in [0.1, 0.15) is 15.9 Å². The van der Waals surface area contributed by atoms with Gasteiger partial charge in [0.05, 0.1) is 12.7 Å². The first-order valence-corrected chi connectivity index (χ1v) is 9.80. The first-order chi connectivity index (χ1) is 14.5. The molecule has 1 amide bonds. The second-order valence-electron chi connectivity index (χ2n) is 6.49. The van der Waals surface area contributed by atoms with E-state index in [0.29, 0.717) is 17.3 Å². The van der Waals surface area contributed by atoms with Gasteiger partial charge in [0.15, 0.2) is 5.11 Å². The monoisotopic (exact) mass is 423 g/mol. The highest BCUT2D eigenvalue weighted by molar-refractivity contribution is 7.80. The largest absolute Gasteiger partial charge is 0.497 e. The molecule has 0 saturated carbocycles. The number of hydrogen-bond acceptors (Lipinski definition) is 3. The lowest BCUT2D eigenvalue weighted by Gasteiger charge is -2.12. The number of carbonyl (C=O) groups is 1. The molecule has 3 aromatic rings. The van der Waals surface area contributed by atoms with Crippen LogP contribution in [0, 0.1) is 5.82 Å². The van der Waals surface area contributed by atoms with Crippen molar-refractivity contribution in [3.8, 4) is 5.75 Å². The van der Waals surface area contributed by atoms with Gasteiger partial charge in [0.1, 0.15) is 11.6 Å². The molecule has 0 heterocycles. The molecule has 0 bridgehead atoms. The standard InChI is InChI=1S/C23H22FN3O2S/c1-29-19-6-4-5-16(15-19)13-14-25-23(30)27-18-11-9-17(10-12-18)26-22(28)20-7-2-3-8-21(20)24/h2-12,15H,13-14H2,1H3,(H,26,28)(H2,25,27,30). The van der Waals surface area contributed by atoms with Gasteiger partial charge < -0.3 is 20.7 Å². The maximum atomic E-state index is 13.7. The van der Waals surface area contributed by atoms with Crippen LogP contribution in [0.4, 0.5) is 15.8 Å². The fourth-order valence-electron chi connectivity index (χ4n) is 2.80. The maximum Gasteiger partial charge on any atom is 0.258 e. The molecular weight excluding hydrogens is 401 g/mol. The number of methoxy groups -OCH3 is 1. The van der Waals surface area contributed by atoms with Gasteiger partial charge >= 0.3 is 0 Å². The van der Waals surface area contributed by atoms with Crippen molar-refractivity contribution in [2.75, 3.05) is 24.3 Å². The van der Waals surface area contributed by atoms with E-state index in [0.717, 1.165) is 23.4 Å². The van der Waals surface area contributed by atoms with Crippen molar-refractivity contribution in [3.63, 3.8) is 0 Å². The minimum absolute atomic E-state index is 0.00103. The zero-order valence-electron chi connectivity index (χ0n) is 16.4. The predicted molar refractivity (Wildman–Crippen MR) is 122 cm³/mol. The molecule has 0 aliphatic rings. The van der Waals surface area contributed by atoms with Crippen LogP contribution in [-0.4, -0.2) is 24.7 Å². The molecule has 3 N–H and O–H groups in total. The van der Waals surface area contributed by atoms with Gasteiger partial charge in [-0.15, -0.1) is 0 Å². The number of nitrogens with one attached hydrogen (secondary N) is 3. The molecular formula is C23H22FN3O2S. The number of benzene rings is 3. The Morgan fingerprint density at radius 2 is 1.67 bits per heavy atom. The van der Waals surface area contributed by atoms with Crippen LogP contribution in [0.25, 0.3) is 0 Å². The molecule has 5 nitrogen and oxygen atoms in total. The van der Waals surface area contributed by atoms with Crippen molar-refractivity contribution < 1.29 is 13.9 Å². The summed E-state index contributed by atoms with van der Waals surface area (Å²) < 4.78 is 18.9. The predicted octanol–water partition coefficient (Wildman–Crippen LogP) is 4.62. The van der Waals surface area contributed by atoms with Gasteiger partial charge in [0.2, 0.25) is 0 Å². The summed E-state index contributed by atoms with van der Waals surface area (Å²) in [6, 6.07) is 20.8. The van der Waals surface area contributed by atoms with E-state index in [1.165, 1.54) is 12.1 Å². The first-order valence-electron chi connectivity index (χ1n) is 9.39. The minimum Gasteiger partial charge on any atom is -0.497 e. The van der Waals surface area contributed by atoms with Crippen LogP contribution >= 0.6 is 12.2 Å². The van der Waals surface area contributed by atoms with Gasteiger partial charge in [-0.3, -0.25) is 4.79 Å². The Bertz CT molecular complexity index is 1020. The van der Waals surface area contributed by atoms with E-state index in [1.807, 2.05) is 24.3 Å². The van der Waals surface area contributed by atoms with E-state index in [9.17, 15) is 9.18 Å². The lowest BCUT2D eigenvalue weighted by Crippen LogP contribution is -2.30. The number of hydrogen-bond donors (Lipinski definition) is 3. The summed E-state index contributed by atoms with van der Waals surface area (Å²) in [5.41, 5.74) is 2.49. The number of halogens is 1. The van der Waals surface area contributed by atoms with Gasteiger partial charge in [-0.25, -0.2) is 4.39 Å². The summed E-state index contributed by atoms with van der Waals surface area (Å²) in [6.45, 7) is 0.676. The summed E-state index contributed by atoms with van der Waals surface area (Å²) in [5.74, 6) is -0.224. The molecule has 0 saturated heterocycles. The molecule has 0 aromatic heterocycles. The summed E-state index contributed by atoms with van der Waals surface area (Å²) in [4.78, 5) is 12.2. The highest BCUT2D eigenvalue weighted by Gasteiger charge is 2.10. The van der Waals surface area contributed by atoms with E-state index in [1.54, 1.807) is 43.5 Å². The fraction of sp³-hybridized carbons (Fsp3) is 0.130. The average Bonchev–Trinajstić information content (AvgIpc) is 2.75. The summed E-state index contributed by atoms with van der Waals surface area (Å²) in [5, 5.41) is 9.43. The third kappa shape index (κ3) is 6.02. The topological polar surface area (TPSA) is 62.4 Å². The van der Waals surface area contributed by atoms with Crippen molar-refractivity contribution in [3.05, 3.63) is 89.7 Å². The van der Waals surface area contributed by atoms with Crippen molar-refractivity contribution in [2.24, 2.45) is 0 Å². The zero-order valence-corrected chi connectivity index (χ0v) is 17.3. The summed E-state index contributed by atoms with van der Waals surface area (Å²) in [6.07, 6.45) is 0.806. The first kappa shape index (κ1) is 21.3. The summed E-state index contributed by atoms with van der Waals surface area (Å²) in [7, 11) is 1.65. The minimum atomic E-state index is -0.557. The quantitative estimate of drug-likeness (QED) is 0.484. The Morgan fingerprint density at radius 3 is 2.37 bits per heavy atom. The zero-order chi connectivity index (χ0) is 21.3. The van der Waals surface area contributed by atoms with Crippen molar-refractivity contribution in [2.45, 2.75) is 6.42 Å². The molecule has 30 heavy (non-hydrogen) atoms. The van der Waals surface area contributed by atoms with Gasteiger partial charge in [-0.05, 0) is 72.7 Å². The summed E-state index contributed by atoms with van der Waals surface area (Å²) >= 11 is 5.32. The molecule has 0 aliphatic carbocycles. The highest BCUT2D eigenvalue weighted by Crippen LogP contribution is 2.16. The third-order valence-electron chi connectivity index (χ3n) is 4.35. The van der Waals surface area contributed by atoms with Crippen molar-refractivity contribution in [1.82, 2.24) is 5.32 Å². The molecule has 7 heteroatoms. The number of thiocarbonyl (C=S) groups is 1. The van der Waals surface area contributed by atoms with E-state index >= 15 is 0 Å². The Balaban J connectivity index is 1.47. The molecule has 154 valence electrons. The Hall–Kier alpha value is -3.45. The molecule has 3 aromatic carbocycles. The maximum absolute atomic E-state index is 13.7. The van der Waals surface area contributed by atoms with E-state index in [-0.39, 0.29) is 5.56 Å². The van der Waals surface area contributed by atoms with Crippen LogP contribution < -0.4 is 20.7 Å². The van der Waals surface area contributed by atoms with Gasteiger partial charge in [0.25, 0.3) is 5.91 Å². The van der Waals surface area contributed by atoms with E-state index < -0.39 is 11.7 Å². The second-order valence-corrected chi connectivity index (χ2v) is 6.90. The fourth-order valence-corrected chi connectivity index (χ4v) is 3.02. The number of anilines is 2. The van der Waals surface area contributed by atoms with Crippen LogP contribution in [-0.2, 0) is 6.42 Å². The van der Waals surface area contributed by atoms with Crippen LogP contribution in [0.2, 0.25) is 0 Å². The Kier molecular flexibility index (Phi) is 7.34. The van der Waals surface area contributed by atoms with E-state index in [4.69, 9.17) is 17.0 Å². The van der Waals surface area contributed by atoms with Gasteiger partial charge in [-0.1, -0.05) is 24.3 Å². The van der Waals surface area contributed by atoms with Crippen molar-refractivity contribution >= 4 is 34.6 Å². The lowest BCUT2D eigenvalue weighted by atomic mass is 10.1. The Labute approximate surface area is 180 Å². The average molecular weight is 424 g/mol. The van der Waals surface area contributed by atoms with Crippen LogP contribution in [0.15, 0.2) is 72.8 Å². The number of amides is 1. The van der Waals surface area contributed by atoms with E-state index in [2.05, 4.69) is 16.0 Å². The van der Waals surface area contributed by atoms with Crippen LogP contribution in [0.5, 0.6) is 5.75 Å². The lowest BCUT2D eigenvalue weighted by molar-refractivity contribution is 0.102. The van der Waals surface area contributed by atoms with Gasteiger partial charge in [-0.2, -0.15) is 0 Å². The molecule has 0 spiro atoms. The SMILES string of the molecule is COc1cccc(CCNC(=S)Nc2ccc(NC(=O)c3ccccc3F)cc2)c1. The number of rotatable bonds is 7. The Morgan fingerprint density at radius 1 is 0.967 bits per heavy atom. The van der Waals surface area contributed by atoms with Gasteiger partial charge in [0, 0.05) is 17.9 Å². The smallest absolute Gasteiger partial charge is 0.258 e. The third-order valence-corrected chi connectivity index (χ3v) is 4.60.